The van der Waals surface area contributed by atoms with Crippen molar-refractivity contribution in [3.63, 3.8) is 0 Å². The van der Waals surface area contributed by atoms with Gasteiger partial charge >= 0.3 is 0 Å². The van der Waals surface area contributed by atoms with Crippen LogP contribution in [0.25, 0.3) is 6.08 Å². The quantitative estimate of drug-likeness (QED) is 0.441. The Morgan fingerprint density at radius 3 is 2.48 bits per heavy atom. The fourth-order valence-electron chi connectivity index (χ4n) is 2.81. The first-order valence-electron chi connectivity index (χ1n) is 8.81. The summed E-state index contributed by atoms with van der Waals surface area (Å²) < 4.78 is 12.4. The zero-order chi connectivity index (χ0) is 19.4. The third kappa shape index (κ3) is 4.16. The minimum atomic E-state index is -0.138. The van der Waals surface area contributed by atoms with Crippen LogP contribution in [0.2, 0.25) is 0 Å². The van der Waals surface area contributed by atoms with Crippen LogP contribution in [0.1, 0.15) is 26.3 Å². The molecule has 140 valence electrons. The molecule has 2 aromatic rings. The van der Waals surface area contributed by atoms with Gasteiger partial charge in [0.1, 0.15) is 0 Å². The van der Waals surface area contributed by atoms with Gasteiger partial charge in [-0.25, -0.2) is 0 Å². The highest BCUT2D eigenvalue weighted by Crippen LogP contribution is 2.35. The highest BCUT2D eigenvalue weighted by Gasteiger charge is 2.28. The van der Waals surface area contributed by atoms with Crippen molar-refractivity contribution in [2.24, 2.45) is 5.10 Å². The summed E-state index contributed by atoms with van der Waals surface area (Å²) in [6.07, 6.45) is 1.85. The van der Waals surface area contributed by atoms with E-state index in [1.54, 1.807) is 0 Å². The number of nitrogens with zero attached hydrogens (tertiary/aromatic N) is 2. The lowest BCUT2D eigenvalue weighted by molar-refractivity contribution is -0.114. The van der Waals surface area contributed by atoms with Crippen molar-refractivity contribution in [1.29, 1.82) is 0 Å². The molecule has 0 bridgehead atoms. The van der Waals surface area contributed by atoms with Crippen LogP contribution in [0.15, 0.2) is 53.1 Å². The predicted molar refractivity (Wildman–Crippen MR) is 117 cm³/mol. The number of amides is 1. The summed E-state index contributed by atoms with van der Waals surface area (Å²) in [7, 11) is 0. The molecule has 0 aromatic heterocycles. The highest BCUT2D eigenvalue weighted by atomic mass is 127. The number of hydrazone groups is 1. The van der Waals surface area contributed by atoms with Gasteiger partial charge in [0.05, 0.1) is 33.8 Å². The van der Waals surface area contributed by atoms with Crippen molar-refractivity contribution >= 4 is 46.0 Å². The van der Waals surface area contributed by atoms with Gasteiger partial charge in [-0.05, 0) is 79.3 Å². The van der Waals surface area contributed by atoms with Crippen LogP contribution >= 0.6 is 22.6 Å². The maximum absolute atomic E-state index is 12.9. The molecule has 0 radical (unpaired) electrons. The van der Waals surface area contributed by atoms with Crippen molar-refractivity contribution in [2.75, 3.05) is 18.2 Å². The second kappa shape index (κ2) is 8.56. The molecule has 1 amide bonds. The number of anilines is 1. The second-order valence-corrected chi connectivity index (χ2v) is 7.05. The van der Waals surface area contributed by atoms with Crippen LogP contribution in [0, 0.1) is 3.57 Å². The molecule has 1 aliphatic heterocycles. The van der Waals surface area contributed by atoms with E-state index in [0.29, 0.717) is 30.2 Å². The Morgan fingerprint density at radius 1 is 1.11 bits per heavy atom. The maximum Gasteiger partial charge on any atom is 0.280 e. The van der Waals surface area contributed by atoms with Crippen molar-refractivity contribution in [2.45, 2.75) is 20.8 Å². The van der Waals surface area contributed by atoms with Crippen molar-refractivity contribution < 1.29 is 14.3 Å². The van der Waals surface area contributed by atoms with E-state index in [9.17, 15) is 4.79 Å². The summed E-state index contributed by atoms with van der Waals surface area (Å²) >= 11 is 2.23. The van der Waals surface area contributed by atoms with Gasteiger partial charge in [-0.1, -0.05) is 18.2 Å². The molecule has 0 saturated carbocycles. The first-order valence-corrected chi connectivity index (χ1v) is 9.89. The fraction of sp³-hybridized carbons (Fsp3) is 0.238. The normalized spacial score (nSPS) is 15.3. The molecule has 0 saturated heterocycles. The molecule has 5 nitrogen and oxygen atoms in total. The van der Waals surface area contributed by atoms with Crippen LogP contribution in [-0.2, 0) is 4.79 Å². The molecule has 0 atom stereocenters. The number of halogens is 1. The summed E-state index contributed by atoms with van der Waals surface area (Å²) in [6, 6.07) is 13.3. The Balaban J connectivity index is 1.97. The third-order valence-electron chi connectivity index (χ3n) is 3.99. The number of ether oxygens (including phenoxy) is 2. The smallest absolute Gasteiger partial charge is 0.280 e. The summed E-state index contributed by atoms with van der Waals surface area (Å²) in [5.41, 5.74) is 2.88. The molecule has 0 aliphatic carbocycles. The molecule has 6 heteroatoms. The van der Waals surface area contributed by atoms with Crippen LogP contribution in [0.4, 0.5) is 5.69 Å². The molecule has 0 N–H and O–H groups in total. The average Bonchev–Trinajstić information content (AvgIpc) is 2.94. The van der Waals surface area contributed by atoms with E-state index in [1.165, 1.54) is 5.01 Å². The zero-order valence-electron chi connectivity index (χ0n) is 15.5. The number of benzene rings is 2. The fourth-order valence-corrected chi connectivity index (χ4v) is 3.59. The van der Waals surface area contributed by atoms with E-state index >= 15 is 0 Å². The molecule has 27 heavy (non-hydrogen) atoms. The van der Waals surface area contributed by atoms with Gasteiger partial charge in [0, 0.05) is 0 Å². The lowest BCUT2D eigenvalue weighted by Gasteiger charge is -2.14. The van der Waals surface area contributed by atoms with Gasteiger partial charge in [0.15, 0.2) is 11.5 Å². The van der Waals surface area contributed by atoms with E-state index in [2.05, 4.69) is 27.7 Å². The van der Waals surface area contributed by atoms with Gasteiger partial charge in [-0.15, -0.1) is 0 Å². The predicted octanol–water partition coefficient (Wildman–Crippen LogP) is 4.89. The van der Waals surface area contributed by atoms with E-state index in [4.69, 9.17) is 9.47 Å². The highest BCUT2D eigenvalue weighted by molar-refractivity contribution is 14.1. The molecule has 2 aromatic carbocycles. The Morgan fingerprint density at radius 2 is 1.81 bits per heavy atom. The van der Waals surface area contributed by atoms with E-state index < -0.39 is 0 Å². The van der Waals surface area contributed by atoms with Gasteiger partial charge in [0.2, 0.25) is 0 Å². The molecule has 0 fully saturated rings. The molecule has 1 heterocycles. The summed E-state index contributed by atoms with van der Waals surface area (Å²) in [5, 5.41) is 5.85. The minimum Gasteiger partial charge on any atom is -0.490 e. The molecule has 1 aliphatic rings. The van der Waals surface area contributed by atoms with Crippen LogP contribution in [-0.4, -0.2) is 24.8 Å². The van der Waals surface area contributed by atoms with E-state index in [-0.39, 0.29) is 5.91 Å². The van der Waals surface area contributed by atoms with Crippen LogP contribution in [0.3, 0.4) is 0 Å². The Bertz CT molecular complexity index is 907. The van der Waals surface area contributed by atoms with Crippen molar-refractivity contribution in [3.05, 3.63) is 57.2 Å². The van der Waals surface area contributed by atoms with Crippen LogP contribution in [0.5, 0.6) is 11.5 Å². The standard InChI is InChI=1S/C21H21IN2O3/c1-4-26-19-13-15(12-18(22)20(19)27-5-2)11-17-14(3)23-24(21(17)25)16-9-7-6-8-10-16/h6-13H,4-5H2,1-3H3/b17-11+. The van der Waals surface area contributed by atoms with Crippen LogP contribution < -0.4 is 14.5 Å². The summed E-state index contributed by atoms with van der Waals surface area (Å²) in [6.45, 7) is 6.82. The maximum atomic E-state index is 12.9. The van der Waals surface area contributed by atoms with Gasteiger partial charge in [0.25, 0.3) is 5.91 Å². The molecule has 3 rings (SSSR count). The lowest BCUT2D eigenvalue weighted by Crippen LogP contribution is -2.21. The lowest BCUT2D eigenvalue weighted by atomic mass is 10.1. The number of carbonyl (C=O) groups excluding carboxylic acids is 1. The largest absolute Gasteiger partial charge is 0.490 e. The summed E-state index contributed by atoms with van der Waals surface area (Å²) in [5.74, 6) is 1.27. The zero-order valence-corrected chi connectivity index (χ0v) is 17.7. The SMILES string of the molecule is CCOc1cc(/C=C2/C(=O)N(c3ccccc3)N=C2C)cc(I)c1OCC. The number of hydrogen-bond donors (Lipinski definition) is 0. The third-order valence-corrected chi connectivity index (χ3v) is 4.80. The summed E-state index contributed by atoms with van der Waals surface area (Å²) in [4.78, 5) is 12.9. The first-order chi connectivity index (χ1) is 13.0. The Kier molecular flexibility index (Phi) is 6.15. The Labute approximate surface area is 172 Å². The number of hydrogen-bond acceptors (Lipinski definition) is 4. The number of carbonyl (C=O) groups is 1. The van der Waals surface area contributed by atoms with E-state index in [0.717, 1.165) is 20.6 Å². The average molecular weight is 476 g/mol. The number of rotatable bonds is 6. The minimum absolute atomic E-state index is 0.138. The first kappa shape index (κ1) is 19.4. The van der Waals surface area contributed by atoms with Gasteiger partial charge in [-0.3, -0.25) is 4.79 Å². The molecule has 0 unspecified atom stereocenters. The molecular weight excluding hydrogens is 455 g/mol. The Hall–Kier alpha value is -2.35. The van der Waals surface area contributed by atoms with Crippen molar-refractivity contribution in [3.8, 4) is 11.5 Å². The topological polar surface area (TPSA) is 51.1 Å². The van der Waals surface area contributed by atoms with E-state index in [1.807, 2.05) is 69.3 Å². The molecular formula is C21H21IN2O3. The molecule has 0 spiro atoms. The van der Waals surface area contributed by atoms with Crippen molar-refractivity contribution in [1.82, 2.24) is 0 Å². The monoisotopic (exact) mass is 476 g/mol. The van der Waals surface area contributed by atoms with Gasteiger partial charge in [-0.2, -0.15) is 10.1 Å². The second-order valence-electron chi connectivity index (χ2n) is 5.89. The number of para-hydroxylation sites is 1. The van der Waals surface area contributed by atoms with Gasteiger partial charge < -0.3 is 9.47 Å².